The molecule has 10 nitrogen and oxygen atoms in total. The van der Waals surface area contributed by atoms with Gasteiger partial charge in [-0.2, -0.15) is 4.80 Å². The van der Waals surface area contributed by atoms with Crippen molar-refractivity contribution < 1.29 is 23.5 Å². The zero-order chi connectivity index (χ0) is 22.1. The number of rotatable bonds is 5. The summed E-state index contributed by atoms with van der Waals surface area (Å²) >= 11 is 0. The Labute approximate surface area is 176 Å². The van der Waals surface area contributed by atoms with Crippen molar-refractivity contribution in [3.8, 4) is 22.6 Å². The molecular weight excluding hydrogens is 407 g/mol. The Balaban J connectivity index is 1.54. The van der Waals surface area contributed by atoms with Crippen molar-refractivity contribution in [2.24, 2.45) is 7.05 Å². The summed E-state index contributed by atoms with van der Waals surface area (Å²) in [6.07, 6.45) is 0.260. The number of cyclic esters (lactones) is 1. The molecule has 11 heteroatoms. The van der Waals surface area contributed by atoms with Crippen molar-refractivity contribution in [3.63, 3.8) is 0 Å². The Morgan fingerprint density at radius 3 is 2.71 bits per heavy atom. The molecule has 1 fully saturated rings. The van der Waals surface area contributed by atoms with E-state index >= 15 is 0 Å². The van der Waals surface area contributed by atoms with Crippen molar-refractivity contribution in [1.29, 1.82) is 0 Å². The quantitative estimate of drug-likeness (QED) is 0.572. The van der Waals surface area contributed by atoms with E-state index in [4.69, 9.17) is 9.47 Å². The molecule has 0 aliphatic carbocycles. The van der Waals surface area contributed by atoms with Crippen LogP contribution in [0, 0.1) is 5.82 Å². The van der Waals surface area contributed by atoms with Crippen molar-refractivity contribution in [1.82, 2.24) is 25.2 Å². The first-order valence-corrected chi connectivity index (χ1v) is 9.47. The third kappa shape index (κ3) is 4.06. The summed E-state index contributed by atoms with van der Waals surface area (Å²) in [6.45, 7) is 2.96. The summed E-state index contributed by atoms with van der Waals surface area (Å²) in [5.74, 6) is -0.616. The number of tetrazole rings is 1. The lowest BCUT2D eigenvalue weighted by atomic mass is 10.1. The number of carbonyl (C=O) groups excluding carboxylic acids is 2. The maximum atomic E-state index is 14.9. The van der Waals surface area contributed by atoms with Crippen LogP contribution < -0.4 is 4.90 Å². The molecule has 0 bridgehead atoms. The number of nitrogens with zero attached hydrogens (tertiary/aromatic N) is 6. The minimum atomic E-state index is -0.634. The Morgan fingerprint density at radius 2 is 2.10 bits per heavy atom. The van der Waals surface area contributed by atoms with Crippen molar-refractivity contribution in [3.05, 3.63) is 42.3 Å². The second-order valence-corrected chi connectivity index (χ2v) is 7.03. The molecule has 1 aliphatic rings. The highest BCUT2D eigenvalue weighted by Gasteiger charge is 2.40. The van der Waals surface area contributed by atoms with E-state index in [1.165, 1.54) is 28.9 Å². The monoisotopic (exact) mass is 426 g/mol. The molecule has 1 aromatic carbocycles. The van der Waals surface area contributed by atoms with Gasteiger partial charge in [0.15, 0.2) is 6.10 Å². The SMILES string of the molecule is CC(=O)OC[C@@H]1OC(=O)N(c2ccc(-c3ccc(-c4nnn(C)n4)nc3)c(F)c2)[C@H]1C. The molecule has 1 amide bonds. The van der Waals surface area contributed by atoms with E-state index < -0.39 is 30.0 Å². The summed E-state index contributed by atoms with van der Waals surface area (Å²) in [7, 11) is 1.65. The molecule has 3 aromatic rings. The van der Waals surface area contributed by atoms with Gasteiger partial charge in [-0.3, -0.25) is 14.7 Å². The van der Waals surface area contributed by atoms with E-state index in [1.54, 1.807) is 38.2 Å². The van der Waals surface area contributed by atoms with Crippen molar-refractivity contribution in [2.75, 3.05) is 11.5 Å². The van der Waals surface area contributed by atoms with E-state index in [1.807, 2.05) is 0 Å². The standard InChI is InChI=1S/C20H19FN6O4/c1-11-18(10-30-12(2)28)31-20(29)27(11)14-5-6-15(16(21)8-14)13-4-7-17(22-9-13)19-23-25-26(3)24-19/h4-9,11,18H,10H2,1-3H3/t11-,18-/m0/s1. The Bertz CT molecular complexity index is 1130. The Morgan fingerprint density at radius 1 is 1.29 bits per heavy atom. The first-order chi connectivity index (χ1) is 14.8. The highest BCUT2D eigenvalue weighted by molar-refractivity contribution is 5.91. The first kappa shape index (κ1) is 20.4. The summed E-state index contributed by atoms with van der Waals surface area (Å²) in [6, 6.07) is 7.42. The third-order valence-electron chi connectivity index (χ3n) is 4.89. The van der Waals surface area contributed by atoms with Gasteiger partial charge in [-0.25, -0.2) is 9.18 Å². The lowest BCUT2D eigenvalue weighted by molar-refractivity contribution is -0.143. The molecular formula is C20H19FN6O4. The minimum absolute atomic E-state index is 0.0576. The first-order valence-electron chi connectivity index (χ1n) is 9.47. The number of halogens is 1. The number of benzene rings is 1. The zero-order valence-corrected chi connectivity index (χ0v) is 17.0. The number of carbonyl (C=O) groups is 2. The van der Waals surface area contributed by atoms with Crippen molar-refractivity contribution >= 4 is 17.7 Å². The lowest BCUT2D eigenvalue weighted by Gasteiger charge is -2.21. The van der Waals surface area contributed by atoms with Gasteiger partial charge in [0, 0.05) is 24.2 Å². The molecule has 1 aliphatic heterocycles. The molecule has 0 spiro atoms. The molecule has 2 atom stereocenters. The number of aryl methyl sites for hydroxylation is 1. The summed E-state index contributed by atoms with van der Waals surface area (Å²) in [5.41, 5.74) is 1.74. The fraction of sp³-hybridized carbons (Fsp3) is 0.300. The number of pyridine rings is 1. The number of hydrogen-bond acceptors (Lipinski definition) is 8. The zero-order valence-electron chi connectivity index (χ0n) is 17.0. The minimum Gasteiger partial charge on any atom is -0.462 e. The molecule has 160 valence electrons. The van der Waals surface area contributed by atoms with Crippen LogP contribution in [-0.4, -0.2) is 56.0 Å². The van der Waals surface area contributed by atoms with Gasteiger partial charge in [-0.15, -0.1) is 10.2 Å². The maximum absolute atomic E-state index is 14.9. The highest BCUT2D eigenvalue weighted by atomic mass is 19.1. The van der Waals surface area contributed by atoms with Crippen LogP contribution >= 0.6 is 0 Å². The largest absolute Gasteiger partial charge is 0.462 e. The molecule has 0 N–H and O–H groups in total. The molecule has 4 rings (SSSR count). The van der Waals surface area contributed by atoms with E-state index in [9.17, 15) is 14.0 Å². The smallest absolute Gasteiger partial charge is 0.415 e. The number of ether oxygens (including phenoxy) is 2. The van der Waals surface area contributed by atoms with Crippen LogP contribution in [-0.2, 0) is 21.3 Å². The number of aromatic nitrogens is 5. The topological polar surface area (TPSA) is 112 Å². The molecule has 3 heterocycles. The fourth-order valence-corrected chi connectivity index (χ4v) is 3.29. The van der Waals surface area contributed by atoms with Gasteiger partial charge < -0.3 is 9.47 Å². The molecule has 2 aromatic heterocycles. The van der Waals surface area contributed by atoms with Crippen LogP contribution in [0.3, 0.4) is 0 Å². The molecule has 0 unspecified atom stereocenters. The van der Waals surface area contributed by atoms with E-state index in [0.29, 0.717) is 28.3 Å². The number of hydrogen-bond donors (Lipinski definition) is 0. The normalized spacial score (nSPS) is 18.2. The Hall–Kier alpha value is -3.89. The van der Waals surface area contributed by atoms with Crippen molar-refractivity contribution in [2.45, 2.75) is 26.0 Å². The molecule has 31 heavy (non-hydrogen) atoms. The van der Waals surface area contributed by atoms with Crippen LogP contribution in [0.5, 0.6) is 0 Å². The third-order valence-corrected chi connectivity index (χ3v) is 4.89. The van der Waals surface area contributed by atoms with Gasteiger partial charge in [0.25, 0.3) is 0 Å². The fourth-order valence-electron chi connectivity index (χ4n) is 3.29. The average molecular weight is 426 g/mol. The molecule has 1 saturated heterocycles. The second kappa shape index (κ2) is 8.09. The summed E-state index contributed by atoms with van der Waals surface area (Å²) in [4.78, 5) is 30.2. The predicted octanol–water partition coefficient (Wildman–Crippen LogP) is 2.36. The van der Waals surface area contributed by atoms with E-state index in [0.717, 1.165) is 0 Å². The van der Waals surface area contributed by atoms with Gasteiger partial charge >= 0.3 is 12.1 Å². The van der Waals surface area contributed by atoms with Crippen LogP contribution in [0.4, 0.5) is 14.9 Å². The highest BCUT2D eigenvalue weighted by Crippen LogP contribution is 2.31. The van der Waals surface area contributed by atoms with Gasteiger partial charge in [0.05, 0.1) is 18.8 Å². The lowest BCUT2D eigenvalue weighted by Crippen LogP contribution is -2.36. The van der Waals surface area contributed by atoms with E-state index in [2.05, 4.69) is 20.4 Å². The number of anilines is 1. The maximum Gasteiger partial charge on any atom is 0.415 e. The molecule has 0 saturated carbocycles. The summed E-state index contributed by atoms with van der Waals surface area (Å²) in [5, 5.41) is 11.7. The van der Waals surface area contributed by atoms with Crippen LogP contribution in [0.15, 0.2) is 36.5 Å². The average Bonchev–Trinajstić information content (AvgIpc) is 3.29. The van der Waals surface area contributed by atoms with Gasteiger partial charge in [0.1, 0.15) is 18.1 Å². The van der Waals surface area contributed by atoms with Gasteiger partial charge in [0.2, 0.25) is 5.82 Å². The van der Waals surface area contributed by atoms with E-state index in [-0.39, 0.29) is 6.61 Å². The molecule has 0 radical (unpaired) electrons. The van der Waals surface area contributed by atoms with Crippen LogP contribution in [0.2, 0.25) is 0 Å². The summed E-state index contributed by atoms with van der Waals surface area (Å²) < 4.78 is 25.1. The number of amides is 1. The predicted molar refractivity (Wildman–Crippen MR) is 106 cm³/mol. The number of esters is 1. The van der Waals surface area contributed by atoms with Gasteiger partial charge in [-0.05, 0) is 36.4 Å². The second-order valence-electron chi connectivity index (χ2n) is 7.03. The van der Waals surface area contributed by atoms with Crippen LogP contribution in [0.1, 0.15) is 13.8 Å². The van der Waals surface area contributed by atoms with Crippen LogP contribution in [0.25, 0.3) is 22.6 Å². The Kier molecular flexibility index (Phi) is 5.32. The van der Waals surface area contributed by atoms with Gasteiger partial charge in [-0.1, -0.05) is 6.07 Å².